The lowest BCUT2D eigenvalue weighted by atomic mass is 9.99. The van der Waals surface area contributed by atoms with E-state index in [4.69, 9.17) is 4.74 Å². The van der Waals surface area contributed by atoms with Gasteiger partial charge in [-0.3, -0.25) is 4.98 Å². The van der Waals surface area contributed by atoms with Gasteiger partial charge in [-0.25, -0.2) is 13.2 Å². The van der Waals surface area contributed by atoms with Crippen LogP contribution in [0.2, 0.25) is 0 Å². The lowest BCUT2D eigenvalue weighted by molar-refractivity contribution is 0.0600. The smallest absolute Gasteiger partial charge is 0.339 e. The zero-order valence-corrected chi connectivity index (χ0v) is 16.5. The van der Waals surface area contributed by atoms with Crippen LogP contribution in [0.25, 0.3) is 0 Å². The summed E-state index contributed by atoms with van der Waals surface area (Å²) in [6, 6.07) is 5.35. The summed E-state index contributed by atoms with van der Waals surface area (Å²) < 4.78 is 32.3. The van der Waals surface area contributed by atoms with Gasteiger partial charge in [-0.1, -0.05) is 6.92 Å². The third-order valence-electron chi connectivity index (χ3n) is 4.57. The van der Waals surface area contributed by atoms with E-state index in [9.17, 15) is 13.2 Å². The molecule has 0 aromatic carbocycles. The molecule has 2 aromatic rings. The second kappa shape index (κ2) is 7.85. The summed E-state index contributed by atoms with van der Waals surface area (Å²) >= 11 is 1.35. The average molecular weight is 395 g/mol. The van der Waals surface area contributed by atoms with Crippen molar-refractivity contribution in [1.29, 1.82) is 0 Å². The topological polar surface area (TPSA) is 76.6 Å². The summed E-state index contributed by atoms with van der Waals surface area (Å²) in [4.78, 5) is 16.8. The summed E-state index contributed by atoms with van der Waals surface area (Å²) in [7, 11) is -2.08. The van der Waals surface area contributed by atoms with Crippen molar-refractivity contribution in [2.75, 3.05) is 20.2 Å². The van der Waals surface area contributed by atoms with Gasteiger partial charge in [0.05, 0.1) is 12.7 Å². The molecule has 3 rings (SSSR count). The number of aryl methyl sites for hydroxylation is 1. The van der Waals surface area contributed by atoms with Crippen LogP contribution in [0.15, 0.2) is 34.8 Å². The van der Waals surface area contributed by atoms with Gasteiger partial charge in [0.2, 0.25) is 0 Å². The number of methoxy groups -OCH3 is 1. The molecule has 6 nitrogen and oxygen atoms in total. The number of hydrogen-bond acceptors (Lipinski definition) is 6. The molecule has 1 saturated heterocycles. The molecule has 140 valence electrons. The molecular formula is C18H22N2O4S2. The normalized spacial score (nSPS) is 18.2. The van der Waals surface area contributed by atoms with E-state index in [-0.39, 0.29) is 5.92 Å². The van der Waals surface area contributed by atoms with Gasteiger partial charge < -0.3 is 4.74 Å². The fraction of sp³-hybridized carbons (Fsp3) is 0.444. The Morgan fingerprint density at radius 3 is 2.88 bits per heavy atom. The number of thiophene rings is 1. The number of nitrogens with zero attached hydrogens (tertiary/aromatic N) is 2. The van der Waals surface area contributed by atoms with Crippen molar-refractivity contribution in [1.82, 2.24) is 9.29 Å². The number of ether oxygens (including phenoxy) is 1. The Hall–Kier alpha value is -1.77. The fourth-order valence-electron chi connectivity index (χ4n) is 3.16. The average Bonchev–Trinajstić information content (AvgIpc) is 3.31. The molecule has 0 radical (unpaired) electrons. The first-order valence-electron chi connectivity index (χ1n) is 8.55. The molecule has 0 aliphatic carbocycles. The van der Waals surface area contributed by atoms with Crippen LogP contribution in [0, 0.1) is 5.92 Å². The molecule has 0 bridgehead atoms. The number of hydrogen-bond donors (Lipinski definition) is 0. The molecule has 1 atom stereocenters. The quantitative estimate of drug-likeness (QED) is 0.704. The van der Waals surface area contributed by atoms with Crippen LogP contribution in [0.1, 0.15) is 34.1 Å². The van der Waals surface area contributed by atoms with Crippen LogP contribution in [0.4, 0.5) is 0 Å². The summed E-state index contributed by atoms with van der Waals surface area (Å²) in [5.74, 6) is -0.204. The highest BCUT2D eigenvalue weighted by Gasteiger charge is 2.33. The Morgan fingerprint density at radius 2 is 2.19 bits per heavy atom. The first-order chi connectivity index (χ1) is 12.4. The zero-order valence-electron chi connectivity index (χ0n) is 14.8. The minimum Gasteiger partial charge on any atom is -0.465 e. The maximum atomic E-state index is 12.8. The molecule has 2 aromatic heterocycles. The summed E-state index contributed by atoms with van der Waals surface area (Å²) in [6.45, 7) is 3.03. The molecule has 8 heteroatoms. The highest BCUT2D eigenvalue weighted by molar-refractivity contribution is 7.91. The largest absolute Gasteiger partial charge is 0.465 e. The highest BCUT2D eigenvalue weighted by atomic mass is 32.2. The maximum Gasteiger partial charge on any atom is 0.339 e. The lowest BCUT2D eigenvalue weighted by Crippen LogP contribution is -2.28. The Kier molecular flexibility index (Phi) is 5.74. The van der Waals surface area contributed by atoms with Crippen LogP contribution in [0.5, 0.6) is 0 Å². The van der Waals surface area contributed by atoms with E-state index in [1.165, 1.54) is 24.6 Å². The Bertz CT molecular complexity index is 892. The second-order valence-corrected chi connectivity index (χ2v) is 9.70. The van der Waals surface area contributed by atoms with Crippen molar-refractivity contribution >= 4 is 27.3 Å². The lowest BCUT2D eigenvalue weighted by Gasteiger charge is -2.15. The predicted octanol–water partition coefficient (Wildman–Crippen LogP) is 2.75. The van der Waals surface area contributed by atoms with Gasteiger partial charge in [0.15, 0.2) is 0 Å². The van der Waals surface area contributed by atoms with Crippen molar-refractivity contribution in [2.45, 2.75) is 30.4 Å². The molecule has 1 fully saturated rings. The number of aromatic nitrogens is 1. The van der Waals surface area contributed by atoms with Crippen LogP contribution in [-0.2, 0) is 27.6 Å². The Morgan fingerprint density at radius 1 is 1.38 bits per heavy atom. The summed E-state index contributed by atoms with van der Waals surface area (Å²) in [5.41, 5.74) is 1.33. The molecule has 1 unspecified atom stereocenters. The van der Waals surface area contributed by atoms with Crippen LogP contribution in [0.3, 0.4) is 0 Å². The van der Waals surface area contributed by atoms with E-state index in [1.807, 2.05) is 13.0 Å². The van der Waals surface area contributed by atoms with E-state index in [1.54, 1.807) is 22.6 Å². The number of pyridine rings is 1. The highest BCUT2D eigenvalue weighted by Crippen LogP contribution is 2.30. The molecular weight excluding hydrogens is 372 g/mol. The van der Waals surface area contributed by atoms with Gasteiger partial charge in [-0.2, -0.15) is 4.31 Å². The van der Waals surface area contributed by atoms with E-state index in [0.29, 0.717) is 29.3 Å². The minimum absolute atomic E-state index is 0.213. The van der Waals surface area contributed by atoms with Gasteiger partial charge in [0.25, 0.3) is 10.0 Å². The number of carbonyl (C=O) groups excluding carboxylic acids is 1. The fourth-order valence-corrected chi connectivity index (χ4v) is 6.14. The first-order valence-corrected chi connectivity index (χ1v) is 10.8. The summed E-state index contributed by atoms with van der Waals surface area (Å²) in [5, 5.41) is 0. The molecule has 3 heterocycles. The van der Waals surface area contributed by atoms with Gasteiger partial charge >= 0.3 is 5.97 Å². The third kappa shape index (κ3) is 3.97. The van der Waals surface area contributed by atoms with Crippen molar-refractivity contribution in [3.8, 4) is 0 Å². The molecule has 1 aliphatic rings. The van der Waals surface area contributed by atoms with Crippen molar-refractivity contribution < 1.29 is 17.9 Å². The number of esters is 1. The van der Waals surface area contributed by atoms with Gasteiger partial charge in [0, 0.05) is 30.4 Å². The molecule has 26 heavy (non-hydrogen) atoms. The monoisotopic (exact) mass is 394 g/mol. The SMILES string of the molecule is CCc1ccc(S(=O)(=O)N2CCC(Cc3cncc(C(=O)OC)c3)C2)s1. The van der Waals surface area contributed by atoms with Gasteiger partial charge in [-0.15, -0.1) is 11.3 Å². The Balaban J connectivity index is 1.68. The van der Waals surface area contributed by atoms with Crippen molar-refractivity contribution in [3.05, 3.63) is 46.6 Å². The molecule has 0 amide bonds. The van der Waals surface area contributed by atoms with Crippen LogP contribution < -0.4 is 0 Å². The predicted molar refractivity (Wildman–Crippen MR) is 99.8 cm³/mol. The van der Waals surface area contributed by atoms with Crippen molar-refractivity contribution in [2.24, 2.45) is 5.92 Å². The number of rotatable bonds is 6. The molecule has 0 N–H and O–H groups in total. The Labute approximate surface area is 157 Å². The van der Waals surface area contributed by atoms with Gasteiger partial charge in [0.1, 0.15) is 4.21 Å². The van der Waals surface area contributed by atoms with Crippen molar-refractivity contribution in [3.63, 3.8) is 0 Å². The molecule has 0 saturated carbocycles. The second-order valence-electron chi connectivity index (χ2n) is 6.37. The molecule has 0 spiro atoms. The third-order valence-corrected chi connectivity index (χ3v) is 8.13. The minimum atomic E-state index is -3.42. The van der Waals surface area contributed by atoms with E-state index >= 15 is 0 Å². The number of carbonyl (C=O) groups is 1. The van der Waals surface area contributed by atoms with Crippen LogP contribution in [-0.4, -0.2) is 43.9 Å². The molecule has 1 aliphatic heterocycles. The van der Waals surface area contributed by atoms with E-state index < -0.39 is 16.0 Å². The van der Waals surface area contributed by atoms with Gasteiger partial charge in [-0.05, 0) is 48.9 Å². The number of sulfonamides is 1. The zero-order chi connectivity index (χ0) is 18.7. The summed E-state index contributed by atoms with van der Waals surface area (Å²) in [6.07, 6.45) is 5.52. The first kappa shape index (κ1) is 19.0. The standard InChI is InChI=1S/C18H22N2O4S2/c1-3-16-4-5-17(25-16)26(22,23)20-7-6-13(12-20)8-14-9-15(11-19-10-14)18(21)24-2/h4-5,9-11,13H,3,6-8,12H2,1-2H3. The van der Waals surface area contributed by atoms with Crippen LogP contribution >= 0.6 is 11.3 Å². The maximum absolute atomic E-state index is 12.8. The van der Waals surface area contributed by atoms with E-state index in [2.05, 4.69) is 4.98 Å². The van der Waals surface area contributed by atoms with E-state index in [0.717, 1.165) is 23.3 Å².